The zero-order chi connectivity index (χ0) is 18.9. The van der Waals surface area contributed by atoms with Gasteiger partial charge in [0.05, 0.1) is 10.6 Å². The van der Waals surface area contributed by atoms with Crippen molar-refractivity contribution >= 4 is 27.3 Å². The first-order chi connectivity index (χ1) is 12.2. The average molecular weight is 395 g/mol. The number of piperazine rings is 1. The molecule has 0 amide bonds. The summed E-state index contributed by atoms with van der Waals surface area (Å²) in [4.78, 5) is 2.30. The molecule has 1 aliphatic heterocycles. The van der Waals surface area contributed by atoms with Gasteiger partial charge in [0.1, 0.15) is 4.90 Å². The standard InChI is InChI=1S/C19H23ClN2O3S/c1-19(2,23)15-7-9-16(10-8-15)21-11-13-22(14-12-21)26(24,25)18-6-4-3-5-17(18)20/h3-10,23H,11-14H2,1-2H3. The molecule has 140 valence electrons. The third-order valence-electron chi connectivity index (χ3n) is 4.63. The molecule has 0 bridgehead atoms. The quantitative estimate of drug-likeness (QED) is 0.865. The normalized spacial score (nSPS) is 16.7. The van der Waals surface area contributed by atoms with E-state index >= 15 is 0 Å². The third kappa shape index (κ3) is 3.88. The van der Waals surface area contributed by atoms with Gasteiger partial charge in [-0.2, -0.15) is 4.31 Å². The Morgan fingerprint density at radius 1 is 0.962 bits per heavy atom. The molecule has 1 saturated heterocycles. The first-order valence-corrected chi connectivity index (χ1v) is 10.3. The van der Waals surface area contributed by atoms with E-state index in [1.54, 1.807) is 38.1 Å². The molecule has 1 aliphatic rings. The van der Waals surface area contributed by atoms with Crippen LogP contribution in [0.3, 0.4) is 0 Å². The molecule has 5 nitrogen and oxygen atoms in total. The van der Waals surface area contributed by atoms with E-state index in [2.05, 4.69) is 4.90 Å². The fourth-order valence-corrected chi connectivity index (χ4v) is 4.98. The molecule has 0 unspecified atom stereocenters. The lowest BCUT2D eigenvalue weighted by atomic mass is 9.98. The monoisotopic (exact) mass is 394 g/mol. The van der Waals surface area contributed by atoms with Crippen molar-refractivity contribution in [3.05, 3.63) is 59.1 Å². The van der Waals surface area contributed by atoms with Crippen molar-refractivity contribution in [2.75, 3.05) is 31.1 Å². The van der Waals surface area contributed by atoms with Crippen LogP contribution in [0.2, 0.25) is 5.02 Å². The maximum Gasteiger partial charge on any atom is 0.244 e. The van der Waals surface area contributed by atoms with Crippen molar-refractivity contribution in [2.45, 2.75) is 24.3 Å². The number of hydrogen-bond donors (Lipinski definition) is 1. The van der Waals surface area contributed by atoms with Crippen molar-refractivity contribution < 1.29 is 13.5 Å². The predicted molar refractivity (Wildman–Crippen MR) is 104 cm³/mol. The van der Waals surface area contributed by atoms with Crippen LogP contribution in [0, 0.1) is 0 Å². The van der Waals surface area contributed by atoms with E-state index in [0.717, 1.165) is 11.3 Å². The van der Waals surface area contributed by atoms with Gasteiger partial charge in [-0.25, -0.2) is 8.42 Å². The van der Waals surface area contributed by atoms with Crippen LogP contribution in [0.1, 0.15) is 19.4 Å². The zero-order valence-electron chi connectivity index (χ0n) is 14.9. The highest BCUT2D eigenvalue weighted by atomic mass is 35.5. The Labute approximate surface area is 159 Å². The van der Waals surface area contributed by atoms with Gasteiger partial charge in [0.15, 0.2) is 0 Å². The van der Waals surface area contributed by atoms with E-state index < -0.39 is 15.6 Å². The van der Waals surface area contributed by atoms with Gasteiger partial charge in [-0.1, -0.05) is 35.9 Å². The summed E-state index contributed by atoms with van der Waals surface area (Å²) in [6, 6.07) is 14.3. The minimum Gasteiger partial charge on any atom is -0.386 e. The Kier molecular flexibility index (Phi) is 5.30. The molecule has 0 radical (unpaired) electrons. The highest BCUT2D eigenvalue weighted by molar-refractivity contribution is 7.89. The predicted octanol–water partition coefficient (Wildman–Crippen LogP) is 3.08. The summed E-state index contributed by atoms with van der Waals surface area (Å²) in [5.74, 6) is 0. The smallest absolute Gasteiger partial charge is 0.244 e. The lowest BCUT2D eigenvalue weighted by Gasteiger charge is -2.35. The van der Waals surface area contributed by atoms with Gasteiger partial charge in [0, 0.05) is 31.9 Å². The molecule has 2 aromatic rings. The molecular formula is C19H23ClN2O3S. The van der Waals surface area contributed by atoms with E-state index in [-0.39, 0.29) is 9.92 Å². The van der Waals surface area contributed by atoms with Gasteiger partial charge < -0.3 is 10.0 Å². The van der Waals surface area contributed by atoms with Crippen LogP contribution >= 0.6 is 11.6 Å². The van der Waals surface area contributed by atoms with Crippen molar-refractivity contribution in [3.8, 4) is 0 Å². The largest absolute Gasteiger partial charge is 0.386 e. The minimum absolute atomic E-state index is 0.157. The molecule has 0 saturated carbocycles. The van der Waals surface area contributed by atoms with Crippen LogP contribution in [-0.2, 0) is 15.6 Å². The summed E-state index contributed by atoms with van der Waals surface area (Å²) in [5, 5.41) is 10.3. The van der Waals surface area contributed by atoms with Gasteiger partial charge >= 0.3 is 0 Å². The van der Waals surface area contributed by atoms with Gasteiger partial charge in [-0.05, 0) is 43.7 Å². The molecule has 1 fully saturated rings. The Hall–Kier alpha value is -1.60. The molecule has 26 heavy (non-hydrogen) atoms. The zero-order valence-corrected chi connectivity index (χ0v) is 16.5. The molecule has 1 heterocycles. The fraction of sp³-hybridized carbons (Fsp3) is 0.368. The van der Waals surface area contributed by atoms with E-state index in [1.165, 1.54) is 4.31 Å². The Bertz CT molecular complexity index is 868. The highest BCUT2D eigenvalue weighted by Gasteiger charge is 2.30. The van der Waals surface area contributed by atoms with Crippen molar-refractivity contribution in [1.29, 1.82) is 0 Å². The van der Waals surface area contributed by atoms with Crippen molar-refractivity contribution in [3.63, 3.8) is 0 Å². The Morgan fingerprint density at radius 3 is 2.08 bits per heavy atom. The maximum atomic E-state index is 12.8. The van der Waals surface area contributed by atoms with Crippen LogP contribution < -0.4 is 4.90 Å². The molecular weight excluding hydrogens is 372 g/mol. The summed E-state index contributed by atoms with van der Waals surface area (Å²) in [7, 11) is -3.58. The first-order valence-electron chi connectivity index (χ1n) is 8.52. The van der Waals surface area contributed by atoms with Crippen molar-refractivity contribution in [2.24, 2.45) is 0 Å². The molecule has 3 rings (SSSR count). The lowest BCUT2D eigenvalue weighted by molar-refractivity contribution is 0.0786. The van der Waals surface area contributed by atoms with Crippen LogP contribution in [-0.4, -0.2) is 44.0 Å². The maximum absolute atomic E-state index is 12.8. The van der Waals surface area contributed by atoms with Crippen molar-refractivity contribution in [1.82, 2.24) is 4.31 Å². The van der Waals surface area contributed by atoms with Gasteiger partial charge in [0.25, 0.3) is 0 Å². The van der Waals surface area contributed by atoms with Gasteiger partial charge in [-0.3, -0.25) is 0 Å². The number of halogens is 1. The van der Waals surface area contributed by atoms with Crippen LogP contribution in [0.4, 0.5) is 5.69 Å². The van der Waals surface area contributed by atoms with E-state index in [0.29, 0.717) is 26.2 Å². The third-order valence-corrected chi connectivity index (χ3v) is 7.03. The van der Waals surface area contributed by atoms with Crippen LogP contribution in [0.25, 0.3) is 0 Å². The summed E-state index contributed by atoms with van der Waals surface area (Å²) in [5.41, 5.74) is 0.995. The molecule has 7 heteroatoms. The number of aliphatic hydroxyl groups is 1. The second kappa shape index (κ2) is 7.19. The number of hydrogen-bond acceptors (Lipinski definition) is 4. The molecule has 1 N–H and O–H groups in total. The summed E-state index contributed by atoms with van der Waals surface area (Å²) in [6.45, 7) is 5.51. The minimum atomic E-state index is -3.58. The van der Waals surface area contributed by atoms with Gasteiger partial charge in [0.2, 0.25) is 10.0 Å². The van der Waals surface area contributed by atoms with E-state index in [1.807, 2.05) is 24.3 Å². The topological polar surface area (TPSA) is 60.9 Å². The number of anilines is 1. The molecule has 0 spiro atoms. The summed E-state index contributed by atoms with van der Waals surface area (Å²) >= 11 is 6.07. The highest BCUT2D eigenvalue weighted by Crippen LogP contribution is 2.27. The molecule has 0 aromatic heterocycles. The second-order valence-corrected chi connectivity index (χ2v) is 9.24. The summed E-state index contributed by atoms with van der Waals surface area (Å²) < 4.78 is 27.1. The number of benzene rings is 2. The van der Waals surface area contributed by atoms with Crippen LogP contribution in [0.15, 0.2) is 53.4 Å². The van der Waals surface area contributed by atoms with E-state index in [4.69, 9.17) is 11.6 Å². The number of sulfonamides is 1. The molecule has 2 aromatic carbocycles. The molecule has 0 aliphatic carbocycles. The fourth-order valence-electron chi connectivity index (χ4n) is 3.06. The number of nitrogens with zero attached hydrogens (tertiary/aromatic N) is 2. The second-order valence-electron chi connectivity index (χ2n) is 6.93. The Morgan fingerprint density at radius 2 is 1.54 bits per heavy atom. The first kappa shape index (κ1) is 19.2. The number of rotatable bonds is 4. The Balaban J connectivity index is 1.70. The van der Waals surface area contributed by atoms with Gasteiger partial charge in [-0.15, -0.1) is 0 Å². The SMILES string of the molecule is CC(C)(O)c1ccc(N2CCN(S(=O)(=O)c3ccccc3Cl)CC2)cc1. The molecule has 0 atom stereocenters. The van der Waals surface area contributed by atoms with Crippen LogP contribution in [0.5, 0.6) is 0 Å². The van der Waals surface area contributed by atoms with E-state index in [9.17, 15) is 13.5 Å². The summed E-state index contributed by atoms with van der Waals surface area (Å²) in [6.07, 6.45) is 0. The average Bonchev–Trinajstić information content (AvgIpc) is 2.61. The lowest BCUT2D eigenvalue weighted by Crippen LogP contribution is -2.48.